The topological polar surface area (TPSA) is 67.5 Å². The first-order valence-corrected chi connectivity index (χ1v) is 12.4. The summed E-state index contributed by atoms with van der Waals surface area (Å²) >= 11 is 0. The highest BCUT2D eigenvalue weighted by Crippen LogP contribution is 2.27. The first-order valence-electron chi connectivity index (χ1n) is 12.4. The number of nitrogens with two attached hydrogens (primary N) is 1. The van der Waals surface area contributed by atoms with Gasteiger partial charge >= 0.3 is 0 Å². The van der Waals surface area contributed by atoms with Gasteiger partial charge in [-0.3, -0.25) is 9.88 Å². The van der Waals surface area contributed by atoms with Crippen LogP contribution < -0.4 is 5.73 Å². The van der Waals surface area contributed by atoms with E-state index in [4.69, 9.17) is 10.5 Å². The molecule has 172 valence electrons. The van der Waals surface area contributed by atoms with E-state index in [1.54, 1.807) is 6.20 Å². The van der Waals surface area contributed by atoms with Crippen molar-refractivity contribution in [3.8, 4) is 0 Å². The van der Waals surface area contributed by atoms with E-state index in [-0.39, 0.29) is 0 Å². The highest BCUT2D eigenvalue weighted by atomic mass is 16.5. The summed E-state index contributed by atoms with van der Waals surface area (Å²) in [5, 5.41) is 0. The second kappa shape index (κ2) is 10.3. The highest BCUT2D eigenvalue weighted by Gasteiger charge is 2.28. The summed E-state index contributed by atoms with van der Waals surface area (Å²) in [5.74, 6) is 1.39. The summed E-state index contributed by atoms with van der Waals surface area (Å²) in [6.45, 7) is 6.76. The number of hydrogen-bond acceptors (Lipinski definition) is 6. The van der Waals surface area contributed by atoms with E-state index in [0.717, 1.165) is 44.8 Å². The van der Waals surface area contributed by atoms with Crippen molar-refractivity contribution in [2.45, 2.75) is 63.7 Å². The Morgan fingerprint density at radius 1 is 0.906 bits per heavy atom. The average molecular weight is 436 g/mol. The molecule has 1 unspecified atom stereocenters. The van der Waals surface area contributed by atoms with Crippen molar-refractivity contribution < 1.29 is 4.74 Å². The molecular weight excluding hydrogens is 398 g/mol. The molecule has 0 bridgehead atoms. The summed E-state index contributed by atoms with van der Waals surface area (Å²) in [7, 11) is 0. The lowest BCUT2D eigenvalue weighted by Crippen LogP contribution is -2.43. The second-order valence-electron chi connectivity index (χ2n) is 9.92. The Kier molecular flexibility index (Phi) is 7.00. The zero-order valence-corrected chi connectivity index (χ0v) is 19.2. The summed E-state index contributed by atoms with van der Waals surface area (Å²) in [4.78, 5) is 13.8. The second-order valence-corrected chi connectivity index (χ2v) is 9.92. The van der Waals surface area contributed by atoms with Gasteiger partial charge in [-0.2, -0.15) is 0 Å². The predicted octanol–water partition coefficient (Wildman–Crippen LogP) is 3.31. The van der Waals surface area contributed by atoms with Gasteiger partial charge in [-0.1, -0.05) is 6.07 Å². The van der Waals surface area contributed by atoms with Gasteiger partial charge in [0.05, 0.1) is 12.2 Å². The number of ether oxygens (including phenoxy) is 1. The van der Waals surface area contributed by atoms with Crippen molar-refractivity contribution in [1.82, 2.24) is 19.8 Å². The summed E-state index contributed by atoms with van der Waals surface area (Å²) in [6.07, 6.45) is 12.9. The zero-order chi connectivity index (χ0) is 21.8. The van der Waals surface area contributed by atoms with Gasteiger partial charge in [0, 0.05) is 57.4 Å². The van der Waals surface area contributed by atoms with Crippen molar-refractivity contribution in [2.24, 2.45) is 5.92 Å². The van der Waals surface area contributed by atoms with Gasteiger partial charge in [-0.15, -0.1) is 0 Å². The molecule has 2 aromatic heterocycles. The molecule has 6 nitrogen and oxygen atoms in total. The van der Waals surface area contributed by atoms with Crippen molar-refractivity contribution >= 4 is 5.82 Å². The van der Waals surface area contributed by atoms with Crippen LogP contribution in [0.1, 0.15) is 48.9 Å². The number of rotatable bonds is 6. The van der Waals surface area contributed by atoms with E-state index in [1.165, 1.54) is 62.1 Å². The molecule has 0 aromatic carbocycles. The monoisotopic (exact) mass is 435 g/mol. The number of anilines is 1. The maximum atomic E-state index is 6.54. The van der Waals surface area contributed by atoms with Gasteiger partial charge in [0.25, 0.3) is 0 Å². The minimum Gasteiger partial charge on any atom is -0.384 e. The molecule has 2 aromatic rings. The lowest BCUT2D eigenvalue weighted by molar-refractivity contribution is -0.0668. The van der Waals surface area contributed by atoms with E-state index in [0.29, 0.717) is 18.0 Å². The van der Waals surface area contributed by atoms with Crippen molar-refractivity contribution in [3.63, 3.8) is 0 Å². The van der Waals surface area contributed by atoms with Gasteiger partial charge in [-0.25, -0.2) is 4.98 Å². The van der Waals surface area contributed by atoms with Gasteiger partial charge in [0.2, 0.25) is 0 Å². The summed E-state index contributed by atoms with van der Waals surface area (Å²) in [5.41, 5.74) is 9.87. The quantitative estimate of drug-likeness (QED) is 0.751. The molecule has 5 rings (SSSR count). The Balaban J connectivity index is 1.00. The number of fused-ring (bicyclic) bond motifs is 1. The van der Waals surface area contributed by atoms with Crippen LogP contribution in [0, 0.1) is 5.92 Å². The van der Waals surface area contributed by atoms with Gasteiger partial charge < -0.3 is 15.4 Å². The van der Waals surface area contributed by atoms with E-state index in [9.17, 15) is 0 Å². The fourth-order valence-corrected chi connectivity index (χ4v) is 5.71. The first-order chi connectivity index (χ1) is 15.7. The van der Waals surface area contributed by atoms with E-state index < -0.39 is 0 Å². The number of aryl methyl sites for hydroxylation is 1. The zero-order valence-electron chi connectivity index (χ0n) is 19.2. The minimum atomic E-state index is 0.424. The first kappa shape index (κ1) is 21.8. The van der Waals surface area contributed by atoms with Crippen LogP contribution in [-0.2, 0) is 24.1 Å². The number of aromatic nitrogens is 2. The predicted molar refractivity (Wildman–Crippen MR) is 127 cm³/mol. The van der Waals surface area contributed by atoms with E-state index in [2.05, 4.69) is 38.0 Å². The Morgan fingerprint density at radius 3 is 2.41 bits per heavy atom. The molecule has 2 N–H and O–H groups in total. The molecule has 0 saturated carbocycles. The maximum Gasteiger partial charge on any atom is 0.123 e. The molecule has 6 heteroatoms. The highest BCUT2D eigenvalue weighted by molar-refractivity contribution is 5.31. The third kappa shape index (κ3) is 5.66. The SMILES string of the molecule is Nc1cc(CN2CCC(OC3CCN(CC4CCc5ncccc5C4)CC3)CC2)ccn1. The van der Waals surface area contributed by atoms with Crippen LogP contribution in [0.3, 0.4) is 0 Å². The van der Waals surface area contributed by atoms with Crippen molar-refractivity contribution in [2.75, 3.05) is 38.5 Å². The van der Waals surface area contributed by atoms with Crippen LogP contribution in [0.4, 0.5) is 5.82 Å². The van der Waals surface area contributed by atoms with Crippen LogP contribution in [0.2, 0.25) is 0 Å². The molecule has 4 heterocycles. The van der Waals surface area contributed by atoms with E-state index >= 15 is 0 Å². The molecule has 1 atom stereocenters. The third-order valence-electron chi connectivity index (χ3n) is 7.50. The minimum absolute atomic E-state index is 0.424. The Labute approximate surface area is 192 Å². The van der Waals surface area contributed by atoms with Crippen LogP contribution in [0.15, 0.2) is 36.7 Å². The van der Waals surface area contributed by atoms with Crippen LogP contribution >= 0.6 is 0 Å². The molecule has 2 fully saturated rings. The van der Waals surface area contributed by atoms with Gasteiger partial charge in [0.15, 0.2) is 0 Å². The lowest BCUT2D eigenvalue weighted by atomic mass is 9.86. The van der Waals surface area contributed by atoms with Crippen LogP contribution in [0.5, 0.6) is 0 Å². The number of piperidine rings is 2. The molecular formula is C26H37N5O. The molecule has 1 aliphatic carbocycles. The molecule has 2 saturated heterocycles. The number of pyridine rings is 2. The molecule has 32 heavy (non-hydrogen) atoms. The molecule has 0 spiro atoms. The Hall–Kier alpha value is -2.02. The Bertz CT molecular complexity index is 874. The summed E-state index contributed by atoms with van der Waals surface area (Å²) < 4.78 is 6.54. The Morgan fingerprint density at radius 2 is 1.66 bits per heavy atom. The van der Waals surface area contributed by atoms with Crippen LogP contribution in [0.25, 0.3) is 0 Å². The normalized spacial score (nSPS) is 23.8. The number of hydrogen-bond donors (Lipinski definition) is 1. The fraction of sp³-hybridized carbons (Fsp3) is 0.615. The molecule has 0 amide bonds. The average Bonchev–Trinajstić information content (AvgIpc) is 2.82. The fourth-order valence-electron chi connectivity index (χ4n) is 5.71. The van der Waals surface area contributed by atoms with Crippen molar-refractivity contribution in [3.05, 3.63) is 53.5 Å². The van der Waals surface area contributed by atoms with Gasteiger partial charge in [-0.05, 0) is 80.2 Å². The number of nitrogen functional groups attached to an aromatic ring is 1. The number of nitrogens with zero attached hydrogens (tertiary/aromatic N) is 4. The maximum absolute atomic E-state index is 6.54. The standard InChI is InChI=1S/C26H37N5O/c27-26-17-21(5-11-29-26)19-31-14-8-24(9-15-31)32-23-6-12-30(13-7-23)18-20-3-4-25-22(16-20)2-1-10-28-25/h1-2,5,10-11,17,20,23-24H,3-4,6-9,12-16,18-19H2,(H2,27,29). The largest absolute Gasteiger partial charge is 0.384 e. The van der Waals surface area contributed by atoms with E-state index in [1.807, 2.05) is 12.3 Å². The van der Waals surface area contributed by atoms with Gasteiger partial charge in [0.1, 0.15) is 5.82 Å². The molecule has 0 radical (unpaired) electrons. The van der Waals surface area contributed by atoms with Crippen molar-refractivity contribution in [1.29, 1.82) is 0 Å². The number of likely N-dealkylation sites (tertiary alicyclic amines) is 2. The molecule has 2 aliphatic heterocycles. The van der Waals surface area contributed by atoms with Crippen LogP contribution in [-0.4, -0.2) is 64.7 Å². The third-order valence-corrected chi connectivity index (χ3v) is 7.50. The summed E-state index contributed by atoms with van der Waals surface area (Å²) in [6, 6.07) is 8.41. The lowest BCUT2D eigenvalue weighted by Gasteiger charge is -2.38. The molecule has 3 aliphatic rings. The smallest absolute Gasteiger partial charge is 0.123 e.